The molecule has 3 N–H and O–H groups in total. The maximum absolute atomic E-state index is 11.2. The summed E-state index contributed by atoms with van der Waals surface area (Å²) in [5.74, 6) is 0.455. The zero-order chi connectivity index (χ0) is 20.9. The number of fused-ring (bicyclic) bond motifs is 1. The number of hydrogen-bond acceptors (Lipinski definition) is 4. The molecule has 2 aromatic rings. The Hall–Kier alpha value is -2.90. The first kappa shape index (κ1) is 20.4. The van der Waals surface area contributed by atoms with Crippen molar-refractivity contribution in [2.75, 3.05) is 33.3 Å². The van der Waals surface area contributed by atoms with Gasteiger partial charge >= 0.3 is 0 Å². The van der Waals surface area contributed by atoms with E-state index in [4.69, 9.17) is 10.5 Å². The molecule has 158 valence electrons. The first-order valence-corrected chi connectivity index (χ1v) is 10.4. The molecular formula is C23H29N5O2. The number of carbonyl (C=O) groups excluding carboxylic acids is 1. The molecule has 1 amide bonds. The first-order chi connectivity index (χ1) is 14.6. The predicted molar refractivity (Wildman–Crippen MR) is 117 cm³/mol. The molecule has 0 spiro atoms. The van der Waals surface area contributed by atoms with Gasteiger partial charge in [-0.2, -0.15) is 0 Å². The van der Waals surface area contributed by atoms with Gasteiger partial charge in [-0.05, 0) is 23.3 Å². The fourth-order valence-electron chi connectivity index (χ4n) is 4.25. The fraction of sp³-hybridized carbons (Fsp3) is 0.391. The number of rotatable bonds is 5. The van der Waals surface area contributed by atoms with Gasteiger partial charge in [-0.1, -0.05) is 42.5 Å². The lowest BCUT2D eigenvalue weighted by molar-refractivity contribution is -0.0502. The number of benzene rings is 2. The number of aliphatic imine (C=N–C) groups is 1. The van der Waals surface area contributed by atoms with E-state index >= 15 is 0 Å². The Morgan fingerprint density at radius 1 is 1.13 bits per heavy atom. The molecule has 2 aliphatic heterocycles. The second-order valence-electron chi connectivity index (χ2n) is 7.80. The summed E-state index contributed by atoms with van der Waals surface area (Å²) in [5.41, 5.74) is 8.23. The van der Waals surface area contributed by atoms with Gasteiger partial charge in [-0.25, -0.2) is 0 Å². The molecular weight excluding hydrogens is 378 g/mol. The van der Waals surface area contributed by atoms with E-state index in [9.17, 15) is 4.79 Å². The first-order valence-electron chi connectivity index (χ1n) is 10.4. The highest BCUT2D eigenvalue weighted by Gasteiger charge is 2.41. The van der Waals surface area contributed by atoms with Crippen LogP contribution in [0.3, 0.4) is 0 Å². The molecule has 7 nitrogen and oxygen atoms in total. The summed E-state index contributed by atoms with van der Waals surface area (Å²) < 4.78 is 6.08. The van der Waals surface area contributed by atoms with Gasteiger partial charge in [-0.15, -0.1) is 0 Å². The Bertz CT molecular complexity index is 884. The van der Waals surface area contributed by atoms with Gasteiger partial charge in [-0.3, -0.25) is 14.7 Å². The number of morpholine rings is 1. The second-order valence-corrected chi connectivity index (χ2v) is 7.80. The molecule has 2 atom stereocenters. The topological polar surface area (TPSA) is 83.2 Å². The van der Waals surface area contributed by atoms with Gasteiger partial charge < -0.3 is 20.7 Å². The van der Waals surface area contributed by atoms with Gasteiger partial charge in [0.2, 0.25) is 5.91 Å². The van der Waals surface area contributed by atoms with Gasteiger partial charge in [0.1, 0.15) is 0 Å². The lowest BCUT2D eigenvalue weighted by Gasteiger charge is -2.36. The largest absolute Gasteiger partial charge is 0.373 e. The fourth-order valence-corrected chi connectivity index (χ4v) is 4.25. The van der Waals surface area contributed by atoms with Crippen molar-refractivity contribution in [1.29, 1.82) is 0 Å². The van der Waals surface area contributed by atoms with Crippen LogP contribution in [0.15, 0.2) is 59.6 Å². The molecule has 0 aromatic heterocycles. The minimum absolute atomic E-state index is 0.191. The Morgan fingerprint density at radius 3 is 2.60 bits per heavy atom. The smallest absolute Gasteiger partial charge is 0.248 e. The summed E-state index contributed by atoms with van der Waals surface area (Å²) in [4.78, 5) is 20.5. The summed E-state index contributed by atoms with van der Waals surface area (Å²) in [5, 5.41) is 3.44. The number of amides is 1. The van der Waals surface area contributed by atoms with Crippen molar-refractivity contribution >= 4 is 11.9 Å². The summed E-state index contributed by atoms with van der Waals surface area (Å²) in [6, 6.07) is 18.3. The average Bonchev–Trinajstić information content (AvgIpc) is 3.20. The Morgan fingerprint density at radius 2 is 1.90 bits per heavy atom. The van der Waals surface area contributed by atoms with Crippen LogP contribution in [-0.4, -0.2) is 67.1 Å². The van der Waals surface area contributed by atoms with Crippen LogP contribution in [0.2, 0.25) is 0 Å². The van der Waals surface area contributed by atoms with Crippen LogP contribution in [0.4, 0.5) is 0 Å². The molecule has 0 radical (unpaired) electrons. The highest BCUT2D eigenvalue weighted by Crippen LogP contribution is 2.24. The third kappa shape index (κ3) is 4.63. The second kappa shape index (κ2) is 9.28. The van der Waals surface area contributed by atoms with E-state index < -0.39 is 5.91 Å². The van der Waals surface area contributed by atoms with Crippen LogP contribution in [-0.2, 0) is 17.8 Å². The van der Waals surface area contributed by atoms with E-state index in [1.807, 2.05) is 19.2 Å². The van der Waals surface area contributed by atoms with Crippen LogP contribution in [0.25, 0.3) is 0 Å². The van der Waals surface area contributed by atoms with Crippen LogP contribution >= 0.6 is 0 Å². The van der Waals surface area contributed by atoms with Crippen molar-refractivity contribution in [3.63, 3.8) is 0 Å². The number of ether oxygens (including phenoxy) is 1. The van der Waals surface area contributed by atoms with E-state index in [0.29, 0.717) is 18.2 Å². The molecule has 4 rings (SSSR count). The highest BCUT2D eigenvalue weighted by atomic mass is 16.5. The van der Waals surface area contributed by atoms with Crippen molar-refractivity contribution in [2.45, 2.75) is 25.2 Å². The van der Waals surface area contributed by atoms with Gasteiger partial charge in [0, 0.05) is 45.3 Å². The number of likely N-dealkylation sites (tertiary alicyclic amines) is 1. The lowest BCUT2D eigenvalue weighted by Crippen LogP contribution is -2.50. The predicted octanol–water partition coefficient (Wildman–Crippen LogP) is 1.45. The standard InChI is InChI=1S/C23H29N5O2/c1-25-23(26-13-17-7-9-19(10-8-17)22(24)29)28-15-20-21(16-28)30-12-11-27(20)14-18-5-3-2-4-6-18/h2-10,20-21H,11-16H2,1H3,(H2,24,29)(H,25,26). The normalized spacial score (nSPS) is 22.0. The summed E-state index contributed by atoms with van der Waals surface area (Å²) in [6.45, 7) is 5.00. The number of carbonyl (C=O) groups is 1. The molecule has 2 aromatic carbocycles. The summed E-state index contributed by atoms with van der Waals surface area (Å²) in [6.07, 6.45) is 0.191. The van der Waals surface area contributed by atoms with Gasteiger partial charge in [0.25, 0.3) is 0 Å². The van der Waals surface area contributed by atoms with Crippen molar-refractivity contribution in [3.05, 3.63) is 71.3 Å². The lowest BCUT2D eigenvalue weighted by atomic mass is 10.1. The van der Waals surface area contributed by atoms with Crippen molar-refractivity contribution in [3.8, 4) is 0 Å². The number of hydrogen-bond donors (Lipinski definition) is 2. The maximum atomic E-state index is 11.2. The Kier molecular flexibility index (Phi) is 6.30. The SMILES string of the molecule is CN=C(NCc1ccc(C(N)=O)cc1)N1CC2OCCN(Cc3ccccc3)C2C1. The van der Waals surface area contributed by atoms with E-state index in [-0.39, 0.29) is 6.10 Å². The van der Waals surface area contributed by atoms with E-state index in [0.717, 1.165) is 44.3 Å². The van der Waals surface area contributed by atoms with Crippen molar-refractivity contribution in [2.24, 2.45) is 10.7 Å². The molecule has 7 heteroatoms. The molecule has 30 heavy (non-hydrogen) atoms. The Balaban J connectivity index is 1.37. The number of guanidine groups is 1. The molecule has 2 unspecified atom stereocenters. The highest BCUT2D eigenvalue weighted by molar-refractivity contribution is 5.92. The van der Waals surface area contributed by atoms with Gasteiger partial charge in [0.05, 0.1) is 18.8 Å². The quantitative estimate of drug-likeness (QED) is 0.579. The molecule has 0 bridgehead atoms. The Labute approximate surface area is 177 Å². The molecule has 0 saturated carbocycles. The summed E-state index contributed by atoms with van der Waals surface area (Å²) >= 11 is 0. The van der Waals surface area contributed by atoms with Crippen LogP contribution in [0.1, 0.15) is 21.5 Å². The monoisotopic (exact) mass is 407 g/mol. The zero-order valence-corrected chi connectivity index (χ0v) is 17.3. The third-order valence-corrected chi connectivity index (χ3v) is 5.85. The van der Waals surface area contributed by atoms with E-state index in [1.165, 1.54) is 5.56 Å². The minimum Gasteiger partial charge on any atom is -0.373 e. The van der Waals surface area contributed by atoms with E-state index in [2.05, 4.69) is 50.4 Å². The van der Waals surface area contributed by atoms with Crippen LogP contribution in [0, 0.1) is 0 Å². The van der Waals surface area contributed by atoms with Crippen LogP contribution < -0.4 is 11.1 Å². The van der Waals surface area contributed by atoms with Gasteiger partial charge in [0.15, 0.2) is 5.96 Å². The molecule has 0 aliphatic carbocycles. The molecule has 2 aliphatic rings. The molecule has 2 saturated heterocycles. The van der Waals surface area contributed by atoms with Crippen molar-refractivity contribution < 1.29 is 9.53 Å². The number of primary amides is 1. The summed E-state index contributed by atoms with van der Waals surface area (Å²) in [7, 11) is 1.81. The number of nitrogens with two attached hydrogens (primary N) is 1. The van der Waals surface area contributed by atoms with Crippen molar-refractivity contribution in [1.82, 2.24) is 15.1 Å². The minimum atomic E-state index is -0.412. The zero-order valence-electron chi connectivity index (χ0n) is 17.3. The van der Waals surface area contributed by atoms with E-state index in [1.54, 1.807) is 12.1 Å². The van der Waals surface area contributed by atoms with Crippen LogP contribution in [0.5, 0.6) is 0 Å². The number of nitrogens with one attached hydrogen (secondary N) is 1. The third-order valence-electron chi connectivity index (χ3n) is 5.85. The average molecular weight is 408 g/mol. The molecule has 2 heterocycles. The number of nitrogens with zero attached hydrogens (tertiary/aromatic N) is 3. The molecule has 2 fully saturated rings. The maximum Gasteiger partial charge on any atom is 0.248 e.